The van der Waals surface area contributed by atoms with E-state index in [1.54, 1.807) is 13.0 Å². The Morgan fingerprint density at radius 2 is 1.75 bits per heavy atom. The molecule has 5 heteroatoms. The van der Waals surface area contributed by atoms with Gasteiger partial charge in [0.2, 0.25) is 0 Å². The Bertz CT molecular complexity index is 657. The Labute approximate surface area is 114 Å². The number of hydrogen-bond acceptors (Lipinski definition) is 2. The van der Waals surface area contributed by atoms with Crippen LogP contribution in [-0.2, 0) is 0 Å². The summed E-state index contributed by atoms with van der Waals surface area (Å²) in [5.74, 6) is -2.02. The predicted octanol–water partition coefficient (Wildman–Crippen LogP) is 4.15. The Morgan fingerprint density at radius 3 is 2.35 bits per heavy atom. The third-order valence-corrected chi connectivity index (χ3v) is 2.88. The van der Waals surface area contributed by atoms with Crippen LogP contribution in [0.3, 0.4) is 0 Å². The summed E-state index contributed by atoms with van der Waals surface area (Å²) in [7, 11) is 0. The first-order valence-electron chi connectivity index (χ1n) is 5.92. The molecule has 0 aromatic heterocycles. The fourth-order valence-electron chi connectivity index (χ4n) is 1.90. The number of anilines is 1. The first-order valence-corrected chi connectivity index (χ1v) is 5.92. The summed E-state index contributed by atoms with van der Waals surface area (Å²) >= 11 is 0. The molecule has 1 N–H and O–H groups in total. The van der Waals surface area contributed by atoms with Crippen LogP contribution in [0.4, 0.5) is 18.9 Å². The molecule has 0 radical (unpaired) electrons. The fraction of sp³-hybridized carbons (Fsp3) is 0.133. The summed E-state index contributed by atoms with van der Waals surface area (Å²) in [5, 5.41) is 11.8. The van der Waals surface area contributed by atoms with E-state index in [-0.39, 0.29) is 11.3 Å². The molecule has 2 aromatic rings. The van der Waals surface area contributed by atoms with Gasteiger partial charge < -0.3 is 5.32 Å². The maximum atomic E-state index is 13.4. The lowest BCUT2D eigenvalue weighted by Crippen LogP contribution is -2.09. The molecule has 0 saturated carbocycles. The molecule has 0 fully saturated rings. The molecule has 0 aliphatic rings. The molecule has 0 heterocycles. The minimum Gasteiger partial charge on any atom is -0.377 e. The highest BCUT2D eigenvalue weighted by Crippen LogP contribution is 2.24. The summed E-state index contributed by atoms with van der Waals surface area (Å²) < 4.78 is 39.8. The summed E-state index contributed by atoms with van der Waals surface area (Å²) in [6, 6.07) is 8.60. The molecule has 0 aliphatic carbocycles. The second kappa shape index (κ2) is 5.66. The van der Waals surface area contributed by atoms with Crippen LogP contribution in [0.5, 0.6) is 0 Å². The molecule has 0 bridgehead atoms. The second-order valence-electron chi connectivity index (χ2n) is 4.34. The van der Waals surface area contributed by atoms with Gasteiger partial charge in [-0.05, 0) is 36.8 Å². The van der Waals surface area contributed by atoms with Crippen LogP contribution >= 0.6 is 0 Å². The van der Waals surface area contributed by atoms with Gasteiger partial charge in [-0.25, -0.2) is 13.2 Å². The van der Waals surface area contributed by atoms with E-state index in [1.165, 1.54) is 30.3 Å². The molecule has 2 aromatic carbocycles. The van der Waals surface area contributed by atoms with Gasteiger partial charge in [0.05, 0.1) is 5.69 Å². The second-order valence-corrected chi connectivity index (χ2v) is 4.34. The predicted molar refractivity (Wildman–Crippen MR) is 69.5 cm³/mol. The first-order chi connectivity index (χ1) is 9.51. The number of nitrogens with zero attached hydrogens (tertiary/aromatic N) is 1. The maximum Gasteiger partial charge on any atom is 0.143 e. The number of hydrogen-bond donors (Lipinski definition) is 1. The highest BCUT2D eigenvalue weighted by Gasteiger charge is 2.13. The molecule has 20 heavy (non-hydrogen) atoms. The zero-order valence-corrected chi connectivity index (χ0v) is 10.6. The minimum absolute atomic E-state index is 0.128. The van der Waals surface area contributed by atoms with Crippen molar-refractivity contribution in [1.29, 1.82) is 5.26 Å². The summed E-state index contributed by atoms with van der Waals surface area (Å²) in [5.41, 5.74) is 0.525. The van der Waals surface area contributed by atoms with Gasteiger partial charge in [-0.3, -0.25) is 0 Å². The molecular formula is C15H11F3N2. The molecule has 0 aliphatic heterocycles. The molecule has 1 unspecified atom stereocenters. The average molecular weight is 276 g/mol. The largest absolute Gasteiger partial charge is 0.377 e. The fourth-order valence-corrected chi connectivity index (χ4v) is 1.90. The van der Waals surface area contributed by atoms with E-state index in [2.05, 4.69) is 5.32 Å². The van der Waals surface area contributed by atoms with Gasteiger partial charge in [0.1, 0.15) is 29.1 Å². The standard InChI is InChI=1S/C15H11F3N2/c1-9(10-5-11(16)7-12(17)6-10)20-15-4-2-3-14(18)13(15)8-19/h2-7,9,20H,1H3. The lowest BCUT2D eigenvalue weighted by atomic mass is 10.1. The van der Waals surface area contributed by atoms with E-state index in [9.17, 15) is 13.2 Å². The summed E-state index contributed by atoms with van der Waals surface area (Å²) in [6.07, 6.45) is 0. The van der Waals surface area contributed by atoms with Crippen molar-refractivity contribution in [1.82, 2.24) is 0 Å². The van der Waals surface area contributed by atoms with Crippen molar-refractivity contribution in [2.75, 3.05) is 5.32 Å². The van der Waals surface area contributed by atoms with E-state index in [4.69, 9.17) is 5.26 Å². The van der Waals surface area contributed by atoms with Crippen molar-refractivity contribution >= 4 is 5.69 Å². The minimum atomic E-state index is -0.687. The van der Waals surface area contributed by atoms with Crippen LogP contribution < -0.4 is 5.32 Å². The van der Waals surface area contributed by atoms with Gasteiger partial charge >= 0.3 is 0 Å². The quantitative estimate of drug-likeness (QED) is 0.914. The lowest BCUT2D eigenvalue weighted by Gasteiger charge is -2.17. The molecule has 2 rings (SSSR count). The van der Waals surface area contributed by atoms with E-state index in [0.717, 1.165) is 6.07 Å². The SMILES string of the molecule is CC(Nc1cccc(F)c1C#N)c1cc(F)cc(F)c1. The Kier molecular flexibility index (Phi) is 3.94. The van der Waals surface area contributed by atoms with Crippen molar-refractivity contribution in [2.45, 2.75) is 13.0 Å². The van der Waals surface area contributed by atoms with Crippen molar-refractivity contribution in [3.8, 4) is 6.07 Å². The van der Waals surface area contributed by atoms with Crippen LogP contribution in [0.25, 0.3) is 0 Å². The number of nitriles is 1. The number of halogens is 3. The van der Waals surface area contributed by atoms with Crippen molar-refractivity contribution in [2.24, 2.45) is 0 Å². The zero-order chi connectivity index (χ0) is 14.7. The third kappa shape index (κ3) is 2.91. The van der Waals surface area contributed by atoms with Crippen molar-refractivity contribution in [3.05, 3.63) is 65.0 Å². The maximum absolute atomic E-state index is 13.4. The Hall–Kier alpha value is -2.48. The van der Waals surface area contributed by atoms with Crippen molar-refractivity contribution < 1.29 is 13.2 Å². The Balaban J connectivity index is 2.30. The molecule has 0 saturated heterocycles. The smallest absolute Gasteiger partial charge is 0.143 e. The molecule has 1 atom stereocenters. The van der Waals surface area contributed by atoms with Gasteiger partial charge in [-0.2, -0.15) is 5.26 Å². The molecule has 0 spiro atoms. The monoisotopic (exact) mass is 276 g/mol. The summed E-state index contributed by atoms with van der Waals surface area (Å²) in [4.78, 5) is 0. The molecule has 102 valence electrons. The van der Waals surface area contributed by atoms with E-state index in [1.807, 2.05) is 0 Å². The number of rotatable bonds is 3. The van der Waals surface area contributed by atoms with Gasteiger partial charge in [0.15, 0.2) is 0 Å². The zero-order valence-electron chi connectivity index (χ0n) is 10.6. The normalized spacial score (nSPS) is 11.8. The lowest BCUT2D eigenvalue weighted by molar-refractivity contribution is 0.577. The first kappa shape index (κ1) is 13.9. The van der Waals surface area contributed by atoms with Crippen LogP contribution in [0.1, 0.15) is 24.1 Å². The van der Waals surface area contributed by atoms with Gasteiger partial charge in [-0.1, -0.05) is 6.07 Å². The molecular weight excluding hydrogens is 265 g/mol. The van der Waals surface area contributed by atoms with Crippen molar-refractivity contribution in [3.63, 3.8) is 0 Å². The Morgan fingerprint density at radius 1 is 1.10 bits per heavy atom. The molecule has 0 amide bonds. The third-order valence-electron chi connectivity index (χ3n) is 2.88. The highest BCUT2D eigenvalue weighted by molar-refractivity contribution is 5.58. The van der Waals surface area contributed by atoms with Gasteiger partial charge in [0.25, 0.3) is 0 Å². The molecule has 2 nitrogen and oxygen atoms in total. The number of benzene rings is 2. The van der Waals surface area contributed by atoms with Crippen LogP contribution in [0.2, 0.25) is 0 Å². The van der Waals surface area contributed by atoms with E-state index < -0.39 is 23.5 Å². The van der Waals surface area contributed by atoms with Crippen LogP contribution in [0.15, 0.2) is 36.4 Å². The highest BCUT2D eigenvalue weighted by atomic mass is 19.1. The van der Waals surface area contributed by atoms with E-state index in [0.29, 0.717) is 5.56 Å². The average Bonchev–Trinajstić information content (AvgIpc) is 2.37. The topological polar surface area (TPSA) is 35.8 Å². The van der Waals surface area contributed by atoms with Crippen LogP contribution in [0, 0.1) is 28.8 Å². The van der Waals surface area contributed by atoms with Gasteiger partial charge in [-0.15, -0.1) is 0 Å². The van der Waals surface area contributed by atoms with Crippen LogP contribution in [-0.4, -0.2) is 0 Å². The van der Waals surface area contributed by atoms with E-state index >= 15 is 0 Å². The summed E-state index contributed by atoms with van der Waals surface area (Å²) in [6.45, 7) is 1.67. The van der Waals surface area contributed by atoms with Gasteiger partial charge in [0, 0.05) is 12.1 Å². The number of nitrogens with one attached hydrogen (secondary N) is 1.